The minimum atomic E-state index is 0.0117. The van der Waals surface area contributed by atoms with E-state index in [1.165, 1.54) is 0 Å². The average Bonchev–Trinajstić information content (AvgIpc) is 2.50. The van der Waals surface area contributed by atoms with Gasteiger partial charge in [0.1, 0.15) is 0 Å². The molecule has 4 heteroatoms. The molecule has 116 valence electrons. The number of nitrogens with zero attached hydrogens (tertiary/aromatic N) is 1. The summed E-state index contributed by atoms with van der Waals surface area (Å²) in [5, 5.41) is 3.74. The molecular formula is C18H21ClN2O. The molecule has 2 aromatic carbocycles. The van der Waals surface area contributed by atoms with Gasteiger partial charge in [0.15, 0.2) is 0 Å². The highest BCUT2D eigenvalue weighted by Crippen LogP contribution is 2.12. The van der Waals surface area contributed by atoms with Crippen LogP contribution in [0.1, 0.15) is 24.1 Å². The first kappa shape index (κ1) is 16.5. The number of nitrogens with one attached hydrogen (secondary N) is 1. The molecule has 0 saturated carbocycles. The third-order valence-corrected chi connectivity index (χ3v) is 3.71. The molecule has 3 nitrogen and oxygen atoms in total. The van der Waals surface area contributed by atoms with Crippen molar-refractivity contribution in [3.05, 3.63) is 70.7 Å². The number of benzene rings is 2. The van der Waals surface area contributed by atoms with Crippen LogP contribution in [0.4, 0.5) is 0 Å². The van der Waals surface area contributed by atoms with Crippen LogP contribution in [0.25, 0.3) is 0 Å². The number of hydrogen-bond donors (Lipinski definition) is 1. The Morgan fingerprint density at radius 3 is 2.41 bits per heavy atom. The van der Waals surface area contributed by atoms with Crippen LogP contribution in [-0.4, -0.2) is 24.4 Å². The minimum Gasteiger partial charge on any atom is -0.348 e. The highest BCUT2D eigenvalue weighted by atomic mass is 35.5. The van der Waals surface area contributed by atoms with Crippen LogP contribution in [0.2, 0.25) is 5.02 Å². The number of carbonyl (C=O) groups excluding carboxylic acids is 1. The van der Waals surface area contributed by atoms with Gasteiger partial charge < -0.3 is 5.32 Å². The van der Waals surface area contributed by atoms with Gasteiger partial charge >= 0.3 is 0 Å². The smallest absolute Gasteiger partial charge is 0.234 e. The van der Waals surface area contributed by atoms with Crippen LogP contribution in [0.5, 0.6) is 0 Å². The van der Waals surface area contributed by atoms with E-state index in [4.69, 9.17) is 11.6 Å². The Morgan fingerprint density at radius 1 is 1.14 bits per heavy atom. The molecule has 0 saturated heterocycles. The molecule has 0 aliphatic carbocycles. The van der Waals surface area contributed by atoms with Gasteiger partial charge in [0.2, 0.25) is 5.91 Å². The number of amides is 1. The minimum absolute atomic E-state index is 0.0117. The van der Waals surface area contributed by atoms with Crippen molar-refractivity contribution in [1.29, 1.82) is 0 Å². The van der Waals surface area contributed by atoms with Gasteiger partial charge in [-0.25, -0.2) is 0 Å². The first-order chi connectivity index (χ1) is 10.5. The van der Waals surface area contributed by atoms with E-state index in [2.05, 4.69) is 5.32 Å². The molecule has 0 bridgehead atoms. The third kappa shape index (κ3) is 5.17. The van der Waals surface area contributed by atoms with Crippen LogP contribution < -0.4 is 5.32 Å². The quantitative estimate of drug-likeness (QED) is 0.882. The molecule has 0 spiro atoms. The van der Waals surface area contributed by atoms with Gasteiger partial charge in [0.25, 0.3) is 0 Å². The Labute approximate surface area is 136 Å². The molecule has 0 radical (unpaired) electrons. The van der Waals surface area contributed by atoms with Crippen LogP contribution in [0.3, 0.4) is 0 Å². The summed E-state index contributed by atoms with van der Waals surface area (Å²) in [6, 6.07) is 17.6. The van der Waals surface area contributed by atoms with Gasteiger partial charge in [-0.2, -0.15) is 0 Å². The van der Waals surface area contributed by atoms with Crippen LogP contribution in [-0.2, 0) is 11.3 Å². The van der Waals surface area contributed by atoms with Crippen molar-refractivity contribution in [2.24, 2.45) is 0 Å². The van der Waals surface area contributed by atoms with E-state index in [0.29, 0.717) is 13.1 Å². The van der Waals surface area contributed by atoms with Crippen LogP contribution in [0.15, 0.2) is 54.6 Å². The highest BCUT2D eigenvalue weighted by molar-refractivity contribution is 6.30. The Hall–Kier alpha value is -1.84. The highest BCUT2D eigenvalue weighted by Gasteiger charge is 2.11. The standard InChI is InChI=1S/C18H21ClN2O/c1-14(16-6-4-3-5-7-16)20-18(22)13-21(2)12-15-8-10-17(19)11-9-15/h3-11,14H,12-13H2,1-2H3,(H,20,22)/t14-/m1/s1. The number of hydrogen-bond acceptors (Lipinski definition) is 2. The van der Waals surface area contributed by atoms with Crippen molar-refractivity contribution in [1.82, 2.24) is 10.2 Å². The first-order valence-electron chi connectivity index (χ1n) is 7.32. The molecule has 0 aromatic heterocycles. The van der Waals surface area contributed by atoms with Gasteiger partial charge in [-0.1, -0.05) is 54.1 Å². The largest absolute Gasteiger partial charge is 0.348 e. The summed E-state index contributed by atoms with van der Waals surface area (Å²) >= 11 is 5.87. The predicted molar refractivity (Wildman–Crippen MR) is 90.8 cm³/mol. The monoisotopic (exact) mass is 316 g/mol. The van der Waals surface area contributed by atoms with Crippen molar-refractivity contribution in [2.45, 2.75) is 19.5 Å². The van der Waals surface area contributed by atoms with Gasteiger partial charge in [0.05, 0.1) is 12.6 Å². The molecule has 22 heavy (non-hydrogen) atoms. The van der Waals surface area contributed by atoms with Crippen molar-refractivity contribution >= 4 is 17.5 Å². The van der Waals surface area contributed by atoms with Crippen molar-refractivity contribution in [2.75, 3.05) is 13.6 Å². The second kappa shape index (κ2) is 7.97. The molecule has 1 atom stereocenters. The summed E-state index contributed by atoms with van der Waals surface area (Å²) in [6.07, 6.45) is 0. The van der Waals surface area contributed by atoms with Gasteiger partial charge in [-0.05, 0) is 37.2 Å². The third-order valence-electron chi connectivity index (χ3n) is 3.46. The summed E-state index contributed by atoms with van der Waals surface area (Å²) in [7, 11) is 1.93. The topological polar surface area (TPSA) is 32.3 Å². The molecule has 2 aromatic rings. The second-order valence-corrected chi connectivity index (χ2v) is 5.94. The number of likely N-dealkylation sites (N-methyl/N-ethyl adjacent to an activating group) is 1. The summed E-state index contributed by atoms with van der Waals surface area (Å²) < 4.78 is 0. The fourth-order valence-electron chi connectivity index (χ4n) is 2.31. The lowest BCUT2D eigenvalue weighted by Crippen LogP contribution is -2.36. The Kier molecular flexibility index (Phi) is 5.99. The lowest BCUT2D eigenvalue weighted by molar-refractivity contribution is -0.122. The molecule has 1 N–H and O–H groups in total. The van der Waals surface area contributed by atoms with Crippen molar-refractivity contribution in [3.63, 3.8) is 0 Å². The maximum atomic E-state index is 12.1. The summed E-state index contributed by atoms with van der Waals surface area (Å²) in [5.74, 6) is 0.0211. The predicted octanol–water partition coefficient (Wildman–Crippen LogP) is 3.65. The molecular weight excluding hydrogens is 296 g/mol. The number of halogens is 1. The van der Waals surface area contributed by atoms with E-state index in [0.717, 1.165) is 16.1 Å². The Balaban J connectivity index is 1.82. The van der Waals surface area contributed by atoms with Crippen molar-refractivity contribution < 1.29 is 4.79 Å². The van der Waals surface area contributed by atoms with Gasteiger partial charge in [-0.15, -0.1) is 0 Å². The van der Waals surface area contributed by atoms with E-state index >= 15 is 0 Å². The van der Waals surface area contributed by atoms with Crippen LogP contribution in [0, 0.1) is 0 Å². The van der Waals surface area contributed by atoms with Crippen LogP contribution >= 0.6 is 11.6 Å². The summed E-state index contributed by atoms with van der Waals surface area (Å²) in [4.78, 5) is 14.1. The fraction of sp³-hybridized carbons (Fsp3) is 0.278. The molecule has 0 aliphatic rings. The van der Waals surface area contributed by atoms with Gasteiger partial charge in [0, 0.05) is 11.6 Å². The SMILES string of the molecule is C[C@@H](NC(=O)CN(C)Cc1ccc(Cl)cc1)c1ccccc1. The average molecular weight is 317 g/mol. The number of carbonyl (C=O) groups is 1. The Bertz CT molecular complexity index is 598. The maximum absolute atomic E-state index is 12.1. The molecule has 0 heterocycles. The first-order valence-corrected chi connectivity index (χ1v) is 7.69. The van der Waals surface area contributed by atoms with E-state index in [9.17, 15) is 4.79 Å². The molecule has 0 unspecified atom stereocenters. The lowest BCUT2D eigenvalue weighted by Gasteiger charge is -2.19. The zero-order valence-electron chi connectivity index (χ0n) is 12.9. The van der Waals surface area contributed by atoms with E-state index in [-0.39, 0.29) is 11.9 Å². The van der Waals surface area contributed by atoms with Crippen molar-refractivity contribution in [3.8, 4) is 0 Å². The maximum Gasteiger partial charge on any atom is 0.234 e. The van der Waals surface area contributed by atoms with E-state index in [1.807, 2.05) is 73.5 Å². The fourth-order valence-corrected chi connectivity index (χ4v) is 2.44. The second-order valence-electron chi connectivity index (χ2n) is 5.50. The van der Waals surface area contributed by atoms with Gasteiger partial charge in [-0.3, -0.25) is 9.69 Å². The lowest BCUT2D eigenvalue weighted by atomic mass is 10.1. The molecule has 1 amide bonds. The summed E-state index contributed by atoms with van der Waals surface area (Å²) in [5.41, 5.74) is 2.24. The molecule has 0 fully saturated rings. The van der Waals surface area contributed by atoms with E-state index in [1.54, 1.807) is 0 Å². The zero-order chi connectivity index (χ0) is 15.9. The summed E-state index contributed by atoms with van der Waals surface area (Å²) in [6.45, 7) is 3.07. The molecule has 0 aliphatic heterocycles. The number of rotatable bonds is 6. The van der Waals surface area contributed by atoms with E-state index < -0.39 is 0 Å². The normalized spacial score (nSPS) is 12.2. The molecule has 2 rings (SSSR count). The Morgan fingerprint density at radius 2 is 1.77 bits per heavy atom. The zero-order valence-corrected chi connectivity index (χ0v) is 13.7.